The van der Waals surface area contributed by atoms with Gasteiger partial charge in [0.25, 0.3) is 11.8 Å². The number of benzene rings is 1. The summed E-state index contributed by atoms with van der Waals surface area (Å²) >= 11 is 7.30. The highest BCUT2D eigenvalue weighted by Gasteiger charge is 2.37. The first-order chi connectivity index (χ1) is 44.2. The van der Waals surface area contributed by atoms with Crippen LogP contribution in [0.5, 0.6) is 0 Å². The largest absolute Gasteiger partial charge is 0.481 e. The number of rotatable bonds is 13. The molecule has 9 aromatic rings. The maximum absolute atomic E-state index is 14.5. The number of thiazole rings is 6. The first-order valence-electron chi connectivity index (χ1n) is 29.0. The van der Waals surface area contributed by atoms with Crippen LogP contribution in [0.3, 0.4) is 0 Å². The molecule has 92 heavy (non-hydrogen) atoms. The number of ketones is 1. The van der Waals surface area contributed by atoms with Gasteiger partial charge in [0.15, 0.2) is 11.6 Å². The van der Waals surface area contributed by atoms with E-state index in [0.29, 0.717) is 68.1 Å². The average Bonchev–Trinajstić information content (AvgIpc) is 1.73. The van der Waals surface area contributed by atoms with E-state index in [1.165, 1.54) is 59.5 Å². The standard InChI is InChI=1S/C61H59N13O12S6/c1-27(2)34-18-40(75)47-29(4)91-57(72-47)36(19-43(76)62-5)66-50(78)38-24-87-53(68-38)33-16-17-35(55-70-42(26-90-55)74(45-21-64-52(86-45)61(83)84)59(80)31-12-14-32(15-13-31)60(81)82)65-48(33)37-23-88-56(67-37)39-25-89-58(69-39)46(28(3)30-10-8-7-9-11-30)71-44(77)20-63-51(79)49-41(22-85-6)92-54(34)73-49/h7-11,16-17,21,23-28,31-32,34,36,46H,12-15,18-20,22H2,1-6H3,(H,62,76)(H,63,79)(H,66,78)(H,71,77)(H,81,82)(H,83,84)/t28-,31?,32?,34?,36-,46-/m0/s1. The molecule has 1 aromatic carbocycles. The highest BCUT2D eigenvalue weighted by molar-refractivity contribution is 7.15. The van der Waals surface area contributed by atoms with Crippen molar-refractivity contribution in [3.63, 3.8) is 0 Å². The van der Waals surface area contributed by atoms with Gasteiger partial charge in [0, 0.05) is 70.3 Å². The van der Waals surface area contributed by atoms with Gasteiger partial charge in [0.2, 0.25) is 23.6 Å². The van der Waals surface area contributed by atoms with Crippen LogP contribution in [0.15, 0.2) is 74.6 Å². The van der Waals surface area contributed by atoms with Gasteiger partial charge in [0.05, 0.1) is 59.3 Å². The summed E-state index contributed by atoms with van der Waals surface area (Å²) < 4.78 is 11.1. The van der Waals surface area contributed by atoms with E-state index in [-0.39, 0.29) is 91.5 Å². The van der Waals surface area contributed by atoms with Crippen LogP contribution in [-0.4, -0.2) is 118 Å². The van der Waals surface area contributed by atoms with Crippen molar-refractivity contribution in [3.05, 3.63) is 123 Å². The number of fused-ring (bicyclic) bond motifs is 14. The number of anilines is 2. The van der Waals surface area contributed by atoms with Gasteiger partial charge in [-0.2, -0.15) is 0 Å². The lowest BCUT2D eigenvalue weighted by Crippen LogP contribution is -2.40. The SMILES string of the molecule is CNC(=O)C[C@@H]1NC(=O)c2csc(n2)-c2ccc(-c3nc(N(C(=O)C4CCC(C(=O)O)CC4)c4cnc(C(=O)O)o4)cs3)nc2-c2csc(n2)-c2csc(n2)[C@H]([C@@H](C)c2ccccc2)NC(=O)CNC(=O)c2nc(sc2COC)C(C(C)C)CC(=O)c2nc1sc2C. The zero-order valence-corrected chi connectivity index (χ0v) is 55.0. The molecule has 0 saturated heterocycles. The molecule has 1 aliphatic heterocycles. The van der Waals surface area contributed by atoms with Gasteiger partial charge in [-0.05, 0) is 56.2 Å². The predicted molar refractivity (Wildman–Crippen MR) is 346 cm³/mol. The summed E-state index contributed by atoms with van der Waals surface area (Å²) in [5, 5.41) is 40.2. The first-order valence-corrected chi connectivity index (χ1v) is 34.1. The van der Waals surface area contributed by atoms with Gasteiger partial charge in [-0.1, -0.05) is 51.1 Å². The van der Waals surface area contributed by atoms with E-state index in [1.54, 1.807) is 35.2 Å². The molecule has 31 heteroatoms. The quantitative estimate of drug-likeness (QED) is 0.0624. The molecule has 10 bridgehead atoms. The smallest absolute Gasteiger partial charge is 0.392 e. The van der Waals surface area contributed by atoms with E-state index >= 15 is 0 Å². The molecule has 1 unspecified atom stereocenters. The molecule has 11 rings (SSSR count). The second kappa shape index (κ2) is 28.0. The van der Waals surface area contributed by atoms with Crippen molar-refractivity contribution in [2.45, 2.75) is 96.7 Å². The molecular formula is C61H59N13O12S6. The molecule has 1 fully saturated rings. The molecular weight excluding hydrogens is 1300 g/mol. The molecule has 9 heterocycles. The fourth-order valence-electron chi connectivity index (χ4n) is 10.7. The van der Waals surface area contributed by atoms with Crippen molar-refractivity contribution >= 4 is 127 Å². The molecule has 0 spiro atoms. The van der Waals surface area contributed by atoms with Gasteiger partial charge >= 0.3 is 17.8 Å². The Morgan fingerprint density at radius 2 is 1.42 bits per heavy atom. The average molecular weight is 1360 g/mol. The number of carbonyl (C=O) groups is 8. The monoisotopic (exact) mass is 1360 g/mol. The van der Waals surface area contributed by atoms with Crippen molar-refractivity contribution in [1.82, 2.24) is 61.1 Å². The lowest BCUT2D eigenvalue weighted by molar-refractivity contribution is -0.144. The molecule has 2 aliphatic rings. The Kier molecular flexibility index (Phi) is 19.7. The van der Waals surface area contributed by atoms with Crippen LogP contribution in [-0.2, 0) is 30.5 Å². The number of carbonyl (C=O) groups excluding carboxylic acids is 6. The number of aliphatic carboxylic acids is 1. The summed E-state index contributed by atoms with van der Waals surface area (Å²) in [5.41, 5.74) is 3.11. The number of hydrogen-bond donors (Lipinski definition) is 6. The van der Waals surface area contributed by atoms with Crippen LogP contribution in [0, 0.1) is 24.7 Å². The Morgan fingerprint density at radius 3 is 2.14 bits per heavy atom. The molecule has 0 radical (unpaired) electrons. The number of methoxy groups -OCH3 is 1. The normalized spacial score (nSPS) is 18.5. The lowest BCUT2D eigenvalue weighted by atomic mass is 9.81. The Balaban J connectivity index is 0.994. The molecule has 5 amide bonds. The molecule has 1 saturated carbocycles. The minimum Gasteiger partial charge on any atom is -0.481 e. The van der Waals surface area contributed by atoms with Gasteiger partial charge in [-0.3, -0.25) is 33.6 Å². The minimum atomic E-state index is -1.46. The second-order valence-corrected chi connectivity index (χ2v) is 28.0. The fourth-order valence-corrected chi connectivity index (χ4v) is 16.4. The lowest BCUT2D eigenvalue weighted by Gasteiger charge is -2.28. The Bertz CT molecular complexity index is 4270. The van der Waals surface area contributed by atoms with Crippen LogP contribution in [0.4, 0.5) is 11.7 Å². The number of nitrogens with zero attached hydrogens (tertiary/aromatic N) is 9. The Morgan fingerprint density at radius 1 is 0.728 bits per heavy atom. The van der Waals surface area contributed by atoms with Crippen LogP contribution in [0.25, 0.3) is 43.4 Å². The second-order valence-electron chi connectivity index (χ2n) is 22.1. The van der Waals surface area contributed by atoms with Crippen molar-refractivity contribution in [1.29, 1.82) is 0 Å². The summed E-state index contributed by atoms with van der Waals surface area (Å²) in [6, 6.07) is 11.4. The highest BCUT2D eigenvalue weighted by Crippen LogP contribution is 2.43. The molecule has 1 aliphatic carbocycles. The number of aryl methyl sites for hydroxylation is 1. The zero-order valence-electron chi connectivity index (χ0n) is 50.1. The summed E-state index contributed by atoms with van der Waals surface area (Å²) in [5.74, 6) is -8.28. The van der Waals surface area contributed by atoms with Crippen molar-refractivity contribution in [3.8, 4) is 43.4 Å². The zero-order chi connectivity index (χ0) is 65.1. The Labute approximate surface area is 549 Å². The third-order valence-corrected chi connectivity index (χ3v) is 21.5. The number of aromatic nitrogens is 8. The van der Waals surface area contributed by atoms with E-state index in [9.17, 15) is 48.6 Å². The van der Waals surface area contributed by atoms with Crippen molar-refractivity contribution in [2.24, 2.45) is 17.8 Å². The van der Waals surface area contributed by atoms with E-state index in [1.807, 2.05) is 56.5 Å². The third kappa shape index (κ3) is 14.0. The number of pyridine rings is 1. The number of aromatic carboxylic acids is 1. The summed E-state index contributed by atoms with van der Waals surface area (Å²) in [7, 11) is 2.97. The number of amides is 5. The summed E-state index contributed by atoms with van der Waals surface area (Å²) in [6.45, 7) is 7.24. The number of oxazole rings is 1. The fraction of sp³-hybridized carbons (Fsp3) is 0.344. The summed E-state index contributed by atoms with van der Waals surface area (Å²) in [6.07, 6.45) is 1.90. The maximum Gasteiger partial charge on any atom is 0.392 e. The van der Waals surface area contributed by atoms with Crippen LogP contribution in [0.1, 0.15) is 156 Å². The number of nitrogens with one attached hydrogen (secondary N) is 4. The van der Waals surface area contributed by atoms with Gasteiger partial charge in [-0.25, -0.2) is 49.6 Å². The molecule has 6 N–H and O–H groups in total. The highest BCUT2D eigenvalue weighted by atomic mass is 32.1. The number of carboxylic acids is 2. The summed E-state index contributed by atoms with van der Waals surface area (Å²) in [4.78, 5) is 149. The molecule has 8 aromatic heterocycles. The number of carboxylic acid groups (broad SMARTS) is 2. The van der Waals surface area contributed by atoms with Gasteiger partial charge in [0.1, 0.15) is 59.2 Å². The van der Waals surface area contributed by atoms with Crippen LogP contribution < -0.4 is 26.2 Å². The van der Waals surface area contributed by atoms with Crippen molar-refractivity contribution in [2.75, 3.05) is 25.6 Å². The maximum atomic E-state index is 14.5. The predicted octanol–water partition coefficient (Wildman–Crippen LogP) is 10.5. The number of Topliss-reactive ketones (excluding diaryl/α,β-unsaturated/α-hetero) is 1. The molecule has 4 atom stereocenters. The van der Waals surface area contributed by atoms with Gasteiger partial charge in [-0.15, -0.1) is 68.0 Å². The number of hydrogen-bond acceptors (Lipinski definition) is 24. The Hall–Kier alpha value is -8.72. The minimum absolute atomic E-state index is 0.00386. The van der Waals surface area contributed by atoms with E-state index < -0.39 is 83.7 Å². The van der Waals surface area contributed by atoms with Crippen LogP contribution in [0.2, 0.25) is 0 Å². The molecule has 25 nitrogen and oxygen atoms in total. The van der Waals surface area contributed by atoms with E-state index in [0.717, 1.165) is 39.3 Å². The van der Waals surface area contributed by atoms with Crippen LogP contribution >= 0.6 is 68.0 Å². The number of ether oxygens (including phenoxy) is 1. The topological polar surface area (TPSA) is 354 Å². The molecule has 476 valence electrons. The third-order valence-electron chi connectivity index (χ3n) is 15.7. The van der Waals surface area contributed by atoms with E-state index in [2.05, 4.69) is 26.3 Å². The first kappa shape index (κ1) is 64.8. The van der Waals surface area contributed by atoms with Crippen molar-refractivity contribution < 1.29 is 57.7 Å². The van der Waals surface area contributed by atoms with Gasteiger partial charge < -0.3 is 40.6 Å². The van der Waals surface area contributed by atoms with E-state index in [4.69, 9.17) is 44.0 Å².